The van der Waals surface area contributed by atoms with Crippen molar-refractivity contribution in [2.75, 3.05) is 20.8 Å². The van der Waals surface area contributed by atoms with Crippen LogP contribution in [0.3, 0.4) is 0 Å². The minimum absolute atomic E-state index is 0.0539. The number of nitrogens with one attached hydrogen (secondary N) is 2. The molecule has 0 saturated heterocycles. The van der Waals surface area contributed by atoms with Crippen LogP contribution in [0.15, 0.2) is 0 Å². The summed E-state index contributed by atoms with van der Waals surface area (Å²) in [5, 5.41) is 5.94. The van der Waals surface area contributed by atoms with Crippen molar-refractivity contribution in [1.82, 2.24) is 10.6 Å². The molecule has 0 aromatic carbocycles. The van der Waals surface area contributed by atoms with E-state index in [-0.39, 0.29) is 17.5 Å². The summed E-state index contributed by atoms with van der Waals surface area (Å²) < 4.78 is 5.08. The lowest BCUT2D eigenvalue weighted by atomic mass is 10.0. The molecule has 2 N–H and O–H groups in total. The highest BCUT2D eigenvalue weighted by molar-refractivity contribution is 5.76. The van der Waals surface area contributed by atoms with Gasteiger partial charge in [0.05, 0.1) is 6.61 Å². The molecule has 0 radical (unpaired) electrons. The quantitative estimate of drug-likeness (QED) is 0.660. The van der Waals surface area contributed by atoms with Crippen molar-refractivity contribution >= 4 is 5.91 Å². The Kier molecular flexibility index (Phi) is 5.72. The van der Waals surface area contributed by atoms with E-state index in [0.29, 0.717) is 13.0 Å². The molecule has 0 fully saturated rings. The molecule has 0 saturated carbocycles. The third-order valence-electron chi connectivity index (χ3n) is 1.91. The molecule has 0 aliphatic heterocycles. The van der Waals surface area contributed by atoms with Gasteiger partial charge in [-0.1, -0.05) is 0 Å². The molecule has 1 amide bonds. The minimum Gasteiger partial charge on any atom is -0.383 e. The summed E-state index contributed by atoms with van der Waals surface area (Å²) in [6.45, 7) is 6.73. The average Bonchev–Trinajstić information content (AvgIpc) is 2.02. The van der Waals surface area contributed by atoms with E-state index < -0.39 is 0 Å². The molecule has 1 atom stereocenters. The summed E-state index contributed by atoms with van der Waals surface area (Å²) in [5.74, 6) is 0.0539. The van der Waals surface area contributed by atoms with Crippen molar-refractivity contribution in [2.45, 2.75) is 38.8 Å². The first-order valence-corrected chi connectivity index (χ1v) is 4.88. The van der Waals surface area contributed by atoms with Crippen LogP contribution in [0.25, 0.3) is 0 Å². The van der Waals surface area contributed by atoms with Crippen LogP contribution in [0.2, 0.25) is 0 Å². The number of rotatable bonds is 6. The van der Waals surface area contributed by atoms with Crippen molar-refractivity contribution in [2.24, 2.45) is 0 Å². The van der Waals surface area contributed by atoms with Crippen molar-refractivity contribution in [3.05, 3.63) is 0 Å². The largest absolute Gasteiger partial charge is 0.383 e. The predicted molar refractivity (Wildman–Crippen MR) is 57.2 cm³/mol. The molecular formula is C10H22N2O2. The Morgan fingerprint density at radius 2 is 2.07 bits per heavy atom. The monoisotopic (exact) mass is 202 g/mol. The van der Waals surface area contributed by atoms with Crippen LogP contribution >= 0.6 is 0 Å². The summed E-state index contributed by atoms with van der Waals surface area (Å²) in [6, 6.07) is 0.153. The molecule has 0 rings (SSSR count). The molecule has 0 aliphatic rings. The normalized spacial score (nSPS) is 13.8. The Bertz CT molecular complexity index is 181. The van der Waals surface area contributed by atoms with E-state index in [1.165, 1.54) is 0 Å². The molecule has 0 aromatic rings. The third-order valence-corrected chi connectivity index (χ3v) is 1.91. The molecular weight excluding hydrogens is 180 g/mol. The van der Waals surface area contributed by atoms with Gasteiger partial charge in [0, 0.05) is 32.2 Å². The van der Waals surface area contributed by atoms with Crippen LogP contribution in [0.4, 0.5) is 0 Å². The van der Waals surface area contributed by atoms with E-state index in [0.717, 1.165) is 0 Å². The number of carbonyl (C=O) groups excluding carboxylic acids is 1. The number of carbonyl (C=O) groups is 1. The van der Waals surface area contributed by atoms with Crippen LogP contribution in [-0.4, -0.2) is 38.3 Å². The van der Waals surface area contributed by atoms with E-state index in [9.17, 15) is 4.79 Å². The Morgan fingerprint density at radius 1 is 1.50 bits per heavy atom. The Morgan fingerprint density at radius 3 is 2.50 bits per heavy atom. The van der Waals surface area contributed by atoms with Crippen LogP contribution in [-0.2, 0) is 9.53 Å². The van der Waals surface area contributed by atoms with Crippen molar-refractivity contribution in [3.8, 4) is 0 Å². The van der Waals surface area contributed by atoms with Gasteiger partial charge in [-0.2, -0.15) is 0 Å². The predicted octanol–water partition coefficient (Wildman–Crippen LogP) is 0.526. The van der Waals surface area contributed by atoms with Crippen LogP contribution < -0.4 is 10.6 Å². The van der Waals surface area contributed by atoms with Gasteiger partial charge in [0.1, 0.15) is 0 Å². The number of methoxy groups -OCH3 is 1. The molecule has 1 unspecified atom stereocenters. The first-order chi connectivity index (χ1) is 6.41. The second-order valence-corrected chi connectivity index (χ2v) is 4.24. The Balaban J connectivity index is 3.91. The number of ether oxygens (including phenoxy) is 1. The summed E-state index contributed by atoms with van der Waals surface area (Å²) in [4.78, 5) is 11.1. The molecule has 0 heterocycles. The third kappa shape index (κ3) is 5.94. The minimum atomic E-state index is -0.0951. The standard InChI is InChI=1S/C10H22N2O2/c1-8(6-9(13)11-4)12-10(2,3)7-14-5/h8,12H,6-7H2,1-5H3,(H,11,13). The fraction of sp³-hybridized carbons (Fsp3) is 0.900. The van der Waals surface area contributed by atoms with Crippen molar-refractivity contribution in [3.63, 3.8) is 0 Å². The van der Waals surface area contributed by atoms with Gasteiger partial charge in [-0.15, -0.1) is 0 Å². The summed E-state index contributed by atoms with van der Waals surface area (Å²) in [7, 11) is 3.32. The van der Waals surface area contributed by atoms with Gasteiger partial charge in [0.25, 0.3) is 0 Å². The lowest BCUT2D eigenvalue weighted by Gasteiger charge is -2.29. The van der Waals surface area contributed by atoms with Gasteiger partial charge >= 0.3 is 0 Å². The molecule has 0 aliphatic carbocycles. The molecule has 84 valence electrons. The average molecular weight is 202 g/mol. The molecule has 0 bridgehead atoms. The Hall–Kier alpha value is -0.610. The lowest BCUT2D eigenvalue weighted by Crippen LogP contribution is -2.49. The van der Waals surface area contributed by atoms with E-state index in [1.807, 2.05) is 6.92 Å². The highest BCUT2D eigenvalue weighted by atomic mass is 16.5. The molecule has 4 nitrogen and oxygen atoms in total. The fourth-order valence-corrected chi connectivity index (χ4v) is 1.50. The van der Waals surface area contributed by atoms with Gasteiger partial charge in [-0.3, -0.25) is 4.79 Å². The topological polar surface area (TPSA) is 50.4 Å². The van der Waals surface area contributed by atoms with Gasteiger partial charge in [0.15, 0.2) is 0 Å². The first-order valence-electron chi connectivity index (χ1n) is 4.88. The molecule has 0 aromatic heterocycles. The highest BCUT2D eigenvalue weighted by Crippen LogP contribution is 2.05. The zero-order chi connectivity index (χ0) is 11.2. The van der Waals surface area contributed by atoms with E-state index in [2.05, 4.69) is 24.5 Å². The Labute approximate surface area is 86.4 Å². The number of hydrogen-bond acceptors (Lipinski definition) is 3. The maximum atomic E-state index is 11.1. The second-order valence-electron chi connectivity index (χ2n) is 4.24. The highest BCUT2D eigenvalue weighted by Gasteiger charge is 2.20. The molecule has 14 heavy (non-hydrogen) atoms. The maximum Gasteiger partial charge on any atom is 0.221 e. The number of hydrogen-bond donors (Lipinski definition) is 2. The van der Waals surface area contributed by atoms with Crippen molar-refractivity contribution < 1.29 is 9.53 Å². The molecule has 4 heteroatoms. The van der Waals surface area contributed by atoms with Crippen molar-refractivity contribution in [1.29, 1.82) is 0 Å². The smallest absolute Gasteiger partial charge is 0.221 e. The SMILES string of the molecule is CNC(=O)CC(C)NC(C)(C)COC. The summed E-state index contributed by atoms with van der Waals surface area (Å²) in [6.07, 6.45) is 0.490. The van der Waals surface area contributed by atoms with Gasteiger partial charge in [0.2, 0.25) is 5.91 Å². The second kappa shape index (κ2) is 5.98. The molecule has 0 spiro atoms. The van der Waals surface area contributed by atoms with E-state index >= 15 is 0 Å². The maximum absolute atomic E-state index is 11.1. The first kappa shape index (κ1) is 13.4. The van der Waals surface area contributed by atoms with Crippen LogP contribution in [0.5, 0.6) is 0 Å². The lowest BCUT2D eigenvalue weighted by molar-refractivity contribution is -0.121. The summed E-state index contributed by atoms with van der Waals surface area (Å²) >= 11 is 0. The number of amides is 1. The van der Waals surface area contributed by atoms with Gasteiger partial charge < -0.3 is 15.4 Å². The van der Waals surface area contributed by atoms with Gasteiger partial charge in [-0.25, -0.2) is 0 Å². The zero-order valence-electron chi connectivity index (χ0n) is 9.81. The van der Waals surface area contributed by atoms with E-state index in [1.54, 1.807) is 14.2 Å². The zero-order valence-corrected chi connectivity index (χ0v) is 9.81. The van der Waals surface area contributed by atoms with Crippen LogP contribution in [0.1, 0.15) is 27.2 Å². The fourth-order valence-electron chi connectivity index (χ4n) is 1.50. The van der Waals surface area contributed by atoms with Crippen LogP contribution in [0, 0.1) is 0 Å². The summed E-state index contributed by atoms with van der Waals surface area (Å²) in [5.41, 5.74) is -0.0951. The van der Waals surface area contributed by atoms with Gasteiger partial charge in [-0.05, 0) is 20.8 Å². The van der Waals surface area contributed by atoms with E-state index in [4.69, 9.17) is 4.74 Å².